The summed E-state index contributed by atoms with van der Waals surface area (Å²) >= 11 is 0. The van der Waals surface area contributed by atoms with Crippen molar-refractivity contribution < 1.29 is 14.1 Å². The molecule has 2 N–H and O–H groups in total. The Labute approximate surface area is 121 Å². The minimum Gasteiger partial charge on any atom is -0.485 e. The van der Waals surface area contributed by atoms with Crippen molar-refractivity contribution in [3.8, 4) is 5.75 Å². The predicted octanol–water partition coefficient (Wildman–Crippen LogP) is 3.33. The molecule has 0 spiro atoms. The van der Waals surface area contributed by atoms with Gasteiger partial charge in [-0.05, 0) is 36.6 Å². The van der Waals surface area contributed by atoms with Crippen LogP contribution in [0.2, 0.25) is 0 Å². The second kappa shape index (κ2) is 6.69. The van der Waals surface area contributed by atoms with Crippen LogP contribution >= 0.6 is 0 Å². The van der Waals surface area contributed by atoms with Crippen LogP contribution < -0.4 is 10.5 Å². The fourth-order valence-corrected chi connectivity index (χ4v) is 1.98. The first-order valence-electron chi connectivity index (χ1n) is 6.48. The average Bonchev–Trinajstić information content (AvgIpc) is 2.44. The highest BCUT2D eigenvalue weighted by molar-refractivity contribution is 5.46. The zero-order chi connectivity index (χ0) is 15.2. The summed E-state index contributed by atoms with van der Waals surface area (Å²) < 4.78 is 18.8. The smallest absolute Gasteiger partial charge is 0.314 e. The van der Waals surface area contributed by atoms with Crippen LogP contribution in [0.1, 0.15) is 12.0 Å². The minimum atomic E-state index is -0.729. The van der Waals surface area contributed by atoms with Crippen LogP contribution in [0.5, 0.6) is 5.75 Å². The van der Waals surface area contributed by atoms with E-state index in [4.69, 9.17) is 10.5 Å². The molecule has 0 fully saturated rings. The van der Waals surface area contributed by atoms with E-state index in [1.165, 1.54) is 12.1 Å². The number of para-hydroxylation sites is 1. The molecular formula is C15H15FN2O3. The largest absolute Gasteiger partial charge is 0.485 e. The topological polar surface area (TPSA) is 78.4 Å². The number of benzene rings is 2. The molecule has 0 aliphatic rings. The van der Waals surface area contributed by atoms with E-state index in [-0.39, 0.29) is 18.0 Å². The summed E-state index contributed by atoms with van der Waals surface area (Å²) in [5.41, 5.74) is 7.03. The number of aryl methyl sites for hydroxylation is 1. The van der Waals surface area contributed by atoms with Gasteiger partial charge in [-0.1, -0.05) is 18.2 Å². The monoisotopic (exact) mass is 290 g/mol. The molecule has 0 unspecified atom stereocenters. The van der Waals surface area contributed by atoms with E-state index in [0.717, 1.165) is 11.6 Å². The molecule has 0 bridgehead atoms. The molecule has 0 radical (unpaired) electrons. The molecule has 2 aromatic rings. The SMILES string of the molecule is Nc1cccc(CCCOc2c(F)cccc2[N+](=O)[O-])c1. The summed E-state index contributed by atoms with van der Waals surface area (Å²) in [7, 11) is 0. The van der Waals surface area contributed by atoms with Gasteiger partial charge in [-0.3, -0.25) is 10.1 Å². The summed E-state index contributed by atoms with van der Waals surface area (Å²) in [6.07, 6.45) is 1.31. The van der Waals surface area contributed by atoms with Crippen LogP contribution in [0.25, 0.3) is 0 Å². The highest BCUT2D eigenvalue weighted by Gasteiger charge is 2.18. The van der Waals surface area contributed by atoms with Crippen LogP contribution in [0, 0.1) is 15.9 Å². The first-order chi connectivity index (χ1) is 10.1. The molecule has 0 aromatic heterocycles. The van der Waals surface area contributed by atoms with E-state index >= 15 is 0 Å². The van der Waals surface area contributed by atoms with Gasteiger partial charge in [0.1, 0.15) is 0 Å². The Kier molecular flexibility index (Phi) is 4.71. The maximum absolute atomic E-state index is 13.6. The highest BCUT2D eigenvalue weighted by Crippen LogP contribution is 2.29. The molecule has 21 heavy (non-hydrogen) atoms. The molecular weight excluding hydrogens is 275 g/mol. The fourth-order valence-electron chi connectivity index (χ4n) is 1.98. The number of nitrogen functional groups attached to an aromatic ring is 1. The van der Waals surface area contributed by atoms with Gasteiger partial charge in [0.2, 0.25) is 5.75 Å². The van der Waals surface area contributed by atoms with Crippen molar-refractivity contribution >= 4 is 11.4 Å². The van der Waals surface area contributed by atoms with Crippen molar-refractivity contribution in [3.05, 3.63) is 64.0 Å². The second-order valence-corrected chi connectivity index (χ2v) is 4.54. The highest BCUT2D eigenvalue weighted by atomic mass is 19.1. The first-order valence-corrected chi connectivity index (χ1v) is 6.48. The van der Waals surface area contributed by atoms with Crippen LogP contribution in [0.4, 0.5) is 15.8 Å². The average molecular weight is 290 g/mol. The van der Waals surface area contributed by atoms with Crippen molar-refractivity contribution in [2.75, 3.05) is 12.3 Å². The lowest BCUT2D eigenvalue weighted by molar-refractivity contribution is -0.386. The number of nitro groups is 1. The minimum absolute atomic E-state index is 0.191. The van der Waals surface area contributed by atoms with Crippen molar-refractivity contribution in [1.29, 1.82) is 0 Å². The van der Waals surface area contributed by atoms with Crippen molar-refractivity contribution in [3.63, 3.8) is 0 Å². The Morgan fingerprint density at radius 3 is 2.71 bits per heavy atom. The van der Waals surface area contributed by atoms with Gasteiger partial charge in [-0.15, -0.1) is 0 Å². The third-order valence-corrected chi connectivity index (χ3v) is 2.95. The number of anilines is 1. The number of ether oxygens (including phenoxy) is 1. The van der Waals surface area contributed by atoms with Gasteiger partial charge in [0.05, 0.1) is 11.5 Å². The summed E-state index contributed by atoms with van der Waals surface area (Å²) in [5, 5.41) is 10.8. The van der Waals surface area contributed by atoms with Crippen molar-refractivity contribution in [1.82, 2.24) is 0 Å². The lowest BCUT2D eigenvalue weighted by Gasteiger charge is -2.08. The molecule has 110 valence electrons. The summed E-state index contributed by atoms with van der Waals surface area (Å²) in [5.74, 6) is -1.04. The van der Waals surface area contributed by atoms with E-state index in [1.54, 1.807) is 6.07 Å². The normalized spacial score (nSPS) is 10.3. The van der Waals surface area contributed by atoms with Gasteiger partial charge in [0, 0.05) is 11.8 Å². The summed E-state index contributed by atoms with van der Waals surface area (Å²) in [6.45, 7) is 0.191. The standard InChI is InChI=1S/C15H15FN2O3/c16-13-7-2-8-14(18(19)20)15(13)21-9-3-5-11-4-1-6-12(17)10-11/h1-2,4,6-8,10H,3,5,9,17H2. The van der Waals surface area contributed by atoms with Gasteiger partial charge >= 0.3 is 5.69 Å². The second-order valence-electron chi connectivity index (χ2n) is 4.54. The Bertz CT molecular complexity index is 647. The third-order valence-electron chi connectivity index (χ3n) is 2.95. The zero-order valence-corrected chi connectivity index (χ0v) is 11.3. The molecule has 0 amide bonds. The number of hydrogen-bond acceptors (Lipinski definition) is 4. The molecule has 2 aromatic carbocycles. The van der Waals surface area contributed by atoms with E-state index in [2.05, 4.69) is 0 Å². The Hall–Kier alpha value is -2.63. The van der Waals surface area contributed by atoms with Crippen LogP contribution in [0.3, 0.4) is 0 Å². The quantitative estimate of drug-likeness (QED) is 0.383. The number of rotatable bonds is 6. The number of nitrogens with zero attached hydrogens (tertiary/aromatic N) is 1. The van der Waals surface area contributed by atoms with Crippen molar-refractivity contribution in [2.24, 2.45) is 0 Å². The summed E-state index contributed by atoms with van der Waals surface area (Å²) in [6, 6.07) is 11.1. The fraction of sp³-hybridized carbons (Fsp3) is 0.200. The maximum atomic E-state index is 13.6. The molecule has 0 saturated heterocycles. The van der Waals surface area contributed by atoms with E-state index in [1.807, 2.05) is 18.2 Å². The maximum Gasteiger partial charge on any atom is 0.314 e. The summed E-state index contributed by atoms with van der Waals surface area (Å²) in [4.78, 5) is 10.2. The molecule has 5 nitrogen and oxygen atoms in total. The molecule has 0 heterocycles. The molecule has 0 atom stereocenters. The van der Waals surface area contributed by atoms with Gasteiger partial charge in [0.15, 0.2) is 5.82 Å². The lowest BCUT2D eigenvalue weighted by Crippen LogP contribution is -2.04. The Balaban J connectivity index is 1.93. The van der Waals surface area contributed by atoms with E-state index < -0.39 is 10.7 Å². The Morgan fingerprint density at radius 1 is 1.24 bits per heavy atom. The third kappa shape index (κ3) is 3.92. The predicted molar refractivity (Wildman–Crippen MR) is 77.7 cm³/mol. The molecule has 2 rings (SSSR count). The molecule has 0 aliphatic heterocycles. The number of nitro benzene ring substituents is 1. The number of halogens is 1. The molecule has 0 saturated carbocycles. The lowest BCUT2D eigenvalue weighted by atomic mass is 10.1. The van der Waals surface area contributed by atoms with Crippen LogP contribution in [0.15, 0.2) is 42.5 Å². The van der Waals surface area contributed by atoms with E-state index in [9.17, 15) is 14.5 Å². The number of hydrogen-bond donors (Lipinski definition) is 1. The van der Waals surface area contributed by atoms with Crippen molar-refractivity contribution in [2.45, 2.75) is 12.8 Å². The Morgan fingerprint density at radius 2 is 2.00 bits per heavy atom. The zero-order valence-electron chi connectivity index (χ0n) is 11.3. The van der Waals surface area contributed by atoms with Gasteiger partial charge < -0.3 is 10.5 Å². The molecule has 0 aliphatic carbocycles. The van der Waals surface area contributed by atoms with E-state index in [0.29, 0.717) is 18.5 Å². The van der Waals surface area contributed by atoms with Gasteiger partial charge in [-0.2, -0.15) is 0 Å². The van der Waals surface area contributed by atoms with Gasteiger partial charge in [-0.25, -0.2) is 4.39 Å². The first kappa shape index (κ1) is 14.8. The molecule has 6 heteroatoms. The number of nitrogens with two attached hydrogens (primary N) is 1. The van der Waals surface area contributed by atoms with Gasteiger partial charge in [0.25, 0.3) is 0 Å². The van der Waals surface area contributed by atoms with Crippen LogP contribution in [-0.4, -0.2) is 11.5 Å². The van der Waals surface area contributed by atoms with Crippen LogP contribution in [-0.2, 0) is 6.42 Å².